The van der Waals surface area contributed by atoms with Crippen LogP contribution in [0.25, 0.3) is 21.8 Å². The molecule has 5 heteroatoms. The van der Waals surface area contributed by atoms with Gasteiger partial charge in [-0.05, 0) is 46.7 Å². The fraction of sp³-hybridized carbons (Fsp3) is 0.0769. The van der Waals surface area contributed by atoms with Crippen LogP contribution in [0.15, 0.2) is 91.0 Å². The molecule has 5 rings (SSSR count). The highest BCUT2D eigenvalue weighted by atomic mass is 19.1. The van der Waals surface area contributed by atoms with Crippen LogP contribution in [0.2, 0.25) is 0 Å². The molecule has 0 saturated carbocycles. The SMILES string of the molecule is O=C(NCc1nc2ccccc2n1Cc1ccc2ccccc2c1)c1ccccc1F. The molecular weight excluding hydrogens is 389 g/mol. The van der Waals surface area contributed by atoms with Gasteiger partial charge in [0.2, 0.25) is 0 Å². The van der Waals surface area contributed by atoms with Gasteiger partial charge in [0.15, 0.2) is 0 Å². The Hall–Kier alpha value is -3.99. The molecule has 4 nitrogen and oxygen atoms in total. The van der Waals surface area contributed by atoms with Gasteiger partial charge in [-0.25, -0.2) is 9.37 Å². The van der Waals surface area contributed by atoms with E-state index in [0.717, 1.165) is 22.4 Å². The van der Waals surface area contributed by atoms with Crippen LogP contribution in [-0.4, -0.2) is 15.5 Å². The summed E-state index contributed by atoms with van der Waals surface area (Å²) in [7, 11) is 0. The zero-order valence-electron chi connectivity index (χ0n) is 16.8. The zero-order valence-corrected chi connectivity index (χ0v) is 16.8. The van der Waals surface area contributed by atoms with Gasteiger partial charge < -0.3 is 9.88 Å². The number of nitrogens with one attached hydrogen (secondary N) is 1. The summed E-state index contributed by atoms with van der Waals surface area (Å²) in [6, 6.07) is 28.5. The molecule has 0 aliphatic heterocycles. The van der Waals surface area contributed by atoms with Crippen molar-refractivity contribution in [3.8, 4) is 0 Å². The van der Waals surface area contributed by atoms with Gasteiger partial charge in [0.25, 0.3) is 5.91 Å². The van der Waals surface area contributed by atoms with Crippen molar-refractivity contribution in [2.24, 2.45) is 0 Å². The quantitative estimate of drug-likeness (QED) is 0.428. The van der Waals surface area contributed by atoms with E-state index in [-0.39, 0.29) is 12.1 Å². The first-order valence-electron chi connectivity index (χ1n) is 10.1. The fourth-order valence-electron chi connectivity index (χ4n) is 3.86. The number of fused-ring (bicyclic) bond motifs is 2. The van der Waals surface area contributed by atoms with Crippen LogP contribution in [0.3, 0.4) is 0 Å². The molecule has 0 saturated heterocycles. The fourth-order valence-corrected chi connectivity index (χ4v) is 3.86. The first-order chi connectivity index (χ1) is 15.2. The Balaban J connectivity index is 1.46. The van der Waals surface area contributed by atoms with Crippen molar-refractivity contribution in [3.05, 3.63) is 114 Å². The predicted octanol–water partition coefficient (Wildman–Crippen LogP) is 5.31. The minimum atomic E-state index is -0.537. The summed E-state index contributed by atoms with van der Waals surface area (Å²) >= 11 is 0. The number of benzene rings is 4. The van der Waals surface area contributed by atoms with Gasteiger partial charge in [0.05, 0.1) is 23.1 Å². The lowest BCUT2D eigenvalue weighted by Gasteiger charge is -2.11. The summed E-state index contributed by atoms with van der Waals surface area (Å²) < 4.78 is 16.0. The molecule has 152 valence electrons. The van der Waals surface area contributed by atoms with Crippen molar-refractivity contribution >= 4 is 27.7 Å². The Morgan fingerprint density at radius 1 is 0.871 bits per heavy atom. The maximum Gasteiger partial charge on any atom is 0.254 e. The maximum absolute atomic E-state index is 13.9. The van der Waals surface area contributed by atoms with Gasteiger partial charge >= 0.3 is 0 Å². The molecule has 0 unspecified atom stereocenters. The van der Waals surface area contributed by atoms with Crippen LogP contribution < -0.4 is 5.32 Å². The number of imidazole rings is 1. The van der Waals surface area contributed by atoms with E-state index in [9.17, 15) is 9.18 Å². The van der Waals surface area contributed by atoms with Crippen LogP contribution in [0.1, 0.15) is 21.7 Å². The van der Waals surface area contributed by atoms with Crippen LogP contribution in [0, 0.1) is 5.82 Å². The third-order valence-electron chi connectivity index (χ3n) is 5.41. The standard InChI is InChI=1S/C26H20FN3O/c27-22-10-4-3-9-21(22)26(31)28-16-25-29-23-11-5-6-12-24(23)30(25)17-18-13-14-19-7-1-2-8-20(19)15-18/h1-15H,16-17H2,(H,28,31). The molecule has 31 heavy (non-hydrogen) atoms. The predicted molar refractivity (Wildman–Crippen MR) is 120 cm³/mol. The van der Waals surface area contributed by atoms with E-state index in [1.54, 1.807) is 12.1 Å². The lowest BCUT2D eigenvalue weighted by Crippen LogP contribution is -2.25. The lowest BCUT2D eigenvalue weighted by molar-refractivity contribution is 0.0945. The van der Waals surface area contributed by atoms with Gasteiger partial charge in [0.1, 0.15) is 11.6 Å². The highest BCUT2D eigenvalue weighted by Crippen LogP contribution is 2.21. The highest BCUT2D eigenvalue weighted by molar-refractivity contribution is 5.94. The Morgan fingerprint density at radius 3 is 2.48 bits per heavy atom. The number of hydrogen-bond acceptors (Lipinski definition) is 2. The van der Waals surface area contributed by atoms with Gasteiger partial charge in [-0.1, -0.05) is 60.7 Å². The van der Waals surface area contributed by atoms with E-state index in [2.05, 4.69) is 40.2 Å². The van der Waals surface area contributed by atoms with Crippen LogP contribution in [-0.2, 0) is 13.1 Å². The minimum Gasteiger partial charge on any atom is -0.345 e. The molecule has 1 heterocycles. The van der Waals surface area contributed by atoms with Crippen molar-refractivity contribution in [1.82, 2.24) is 14.9 Å². The minimum absolute atomic E-state index is 0.0275. The second-order valence-corrected chi connectivity index (χ2v) is 7.45. The molecule has 0 fully saturated rings. The number of nitrogens with zero attached hydrogens (tertiary/aromatic N) is 2. The summed E-state index contributed by atoms with van der Waals surface area (Å²) in [5.74, 6) is -0.272. The number of amides is 1. The van der Waals surface area contributed by atoms with E-state index < -0.39 is 11.7 Å². The van der Waals surface area contributed by atoms with E-state index in [0.29, 0.717) is 6.54 Å². The number of para-hydroxylation sites is 2. The molecule has 0 radical (unpaired) electrons. The summed E-state index contributed by atoms with van der Waals surface area (Å²) in [4.78, 5) is 17.2. The van der Waals surface area contributed by atoms with Gasteiger partial charge in [0, 0.05) is 6.54 Å². The van der Waals surface area contributed by atoms with Gasteiger partial charge in [-0.3, -0.25) is 4.79 Å². The van der Waals surface area contributed by atoms with Crippen LogP contribution in [0.4, 0.5) is 4.39 Å². The number of rotatable bonds is 5. The molecular formula is C26H20FN3O. The number of hydrogen-bond donors (Lipinski definition) is 1. The first-order valence-corrected chi connectivity index (χ1v) is 10.1. The molecule has 1 N–H and O–H groups in total. The molecule has 4 aromatic carbocycles. The van der Waals surface area contributed by atoms with E-state index in [1.165, 1.54) is 22.9 Å². The molecule has 0 atom stereocenters. The molecule has 5 aromatic rings. The van der Waals surface area contributed by atoms with E-state index in [1.807, 2.05) is 36.4 Å². The average Bonchev–Trinajstić information content (AvgIpc) is 3.15. The summed E-state index contributed by atoms with van der Waals surface area (Å²) in [6.07, 6.45) is 0. The first kappa shape index (κ1) is 19.0. The summed E-state index contributed by atoms with van der Waals surface area (Å²) in [6.45, 7) is 0.825. The molecule has 0 bridgehead atoms. The monoisotopic (exact) mass is 409 g/mol. The number of aromatic nitrogens is 2. The van der Waals surface area contributed by atoms with Crippen LogP contribution >= 0.6 is 0 Å². The molecule has 1 aromatic heterocycles. The number of carbonyl (C=O) groups is 1. The topological polar surface area (TPSA) is 46.9 Å². The van der Waals surface area contributed by atoms with E-state index >= 15 is 0 Å². The Morgan fingerprint density at radius 2 is 1.61 bits per heavy atom. The highest BCUT2D eigenvalue weighted by Gasteiger charge is 2.15. The van der Waals surface area contributed by atoms with Crippen molar-refractivity contribution < 1.29 is 9.18 Å². The van der Waals surface area contributed by atoms with Crippen molar-refractivity contribution in [2.45, 2.75) is 13.1 Å². The number of carbonyl (C=O) groups excluding carboxylic acids is 1. The second kappa shape index (κ2) is 8.03. The molecule has 0 aliphatic carbocycles. The summed E-state index contributed by atoms with van der Waals surface area (Å²) in [5, 5.41) is 5.18. The molecule has 1 amide bonds. The summed E-state index contributed by atoms with van der Waals surface area (Å²) in [5.41, 5.74) is 3.02. The second-order valence-electron chi connectivity index (χ2n) is 7.45. The Bertz CT molecular complexity index is 1410. The van der Waals surface area contributed by atoms with Crippen molar-refractivity contribution in [1.29, 1.82) is 0 Å². The third-order valence-corrected chi connectivity index (χ3v) is 5.41. The Labute approximate surface area is 179 Å². The third kappa shape index (κ3) is 3.78. The molecule has 0 aliphatic rings. The van der Waals surface area contributed by atoms with E-state index in [4.69, 9.17) is 4.98 Å². The lowest BCUT2D eigenvalue weighted by atomic mass is 10.1. The largest absolute Gasteiger partial charge is 0.345 e. The maximum atomic E-state index is 13.9. The normalized spacial score (nSPS) is 11.1. The van der Waals surface area contributed by atoms with Gasteiger partial charge in [-0.15, -0.1) is 0 Å². The zero-order chi connectivity index (χ0) is 21.2. The Kier molecular flexibility index (Phi) is 4.92. The molecule has 0 spiro atoms. The van der Waals surface area contributed by atoms with Crippen LogP contribution in [0.5, 0.6) is 0 Å². The van der Waals surface area contributed by atoms with Crippen molar-refractivity contribution in [3.63, 3.8) is 0 Å². The average molecular weight is 409 g/mol. The number of halogens is 1. The smallest absolute Gasteiger partial charge is 0.254 e. The van der Waals surface area contributed by atoms with Crippen molar-refractivity contribution in [2.75, 3.05) is 0 Å². The van der Waals surface area contributed by atoms with Gasteiger partial charge in [-0.2, -0.15) is 0 Å².